The number of amides is 1. The Morgan fingerprint density at radius 3 is 2.46 bits per heavy atom. The van der Waals surface area contributed by atoms with Crippen LogP contribution < -0.4 is 5.32 Å². The van der Waals surface area contributed by atoms with Crippen LogP contribution in [0.2, 0.25) is 10.0 Å². The van der Waals surface area contributed by atoms with Crippen molar-refractivity contribution in [2.45, 2.75) is 38.6 Å². The summed E-state index contributed by atoms with van der Waals surface area (Å²) in [5, 5.41) is 13.5. The van der Waals surface area contributed by atoms with Gasteiger partial charge in [-0.3, -0.25) is 14.7 Å². The van der Waals surface area contributed by atoms with Crippen molar-refractivity contribution < 1.29 is 9.90 Å². The third kappa shape index (κ3) is 8.68. The van der Waals surface area contributed by atoms with Gasteiger partial charge in [-0.2, -0.15) is 0 Å². The highest BCUT2D eigenvalue weighted by molar-refractivity contribution is 6.32. The number of halogens is 2. The van der Waals surface area contributed by atoms with E-state index in [1.807, 2.05) is 37.3 Å². The van der Waals surface area contributed by atoms with E-state index in [1.165, 1.54) is 0 Å². The van der Waals surface area contributed by atoms with Gasteiger partial charge in [0.05, 0.1) is 29.1 Å². The highest BCUT2D eigenvalue weighted by Gasteiger charge is 2.19. The molecular weight excluding hydrogens is 535 g/mol. The first-order valence-electron chi connectivity index (χ1n) is 13.5. The van der Waals surface area contributed by atoms with Gasteiger partial charge in [0.1, 0.15) is 5.69 Å². The second-order valence-electron chi connectivity index (χ2n) is 9.83. The van der Waals surface area contributed by atoms with E-state index < -0.39 is 0 Å². The highest BCUT2D eigenvalue weighted by atomic mass is 35.5. The highest BCUT2D eigenvalue weighted by Crippen LogP contribution is 2.26. The molecule has 1 aromatic carbocycles. The number of aliphatic hydroxyl groups is 1. The van der Waals surface area contributed by atoms with Gasteiger partial charge in [0.2, 0.25) is 5.91 Å². The van der Waals surface area contributed by atoms with Crippen LogP contribution in [0.15, 0.2) is 48.7 Å². The second kappa shape index (κ2) is 14.7. The lowest BCUT2D eigenvalue weighted by Gasteiger charge is -2.34. The molecular formula is C29H36Cl2N6O2. The van der Waals surface area contributed by atoms with E-state index in [0.29, 0.717) is 46.5 Å². The van der Waals surface area contributed by atoms with Crippen molar-refractivity contribution in [1.82, 2.24) is 30.1 Å². The molecule has 1 aliphatic heterocycles. The summed E-state index contributed by atoms with van der Waals surface area (Å²) in [6, 6.07) is 13.3. The molecule has 0 radical (unpaired) electrons. The Kier molecular flexibility index (Phi) is 11.1. The van der Waals surface area contributed by atoms with Crippen molar-refractivity contribution in [3.63, 3.8) is 0 Å². The van der Waals surface area contributed by atoms with Crippen LogP contribution in [0.25, 0.3) is 11.5 Å². The Bertz CT molecular complexity index is 1220. The lowest BCUT2D eigenvalue weighted by molar-refractivity contribution is -0.122. The number of aromatic nitrogens is 3. The van der Waals surface area contributed by atoms with Gasteiger partial charge in [0, 0.05) is 50.4 Å². The van der Waals surface area contributed by atoms with Crippen molar-refractivity contribution >= 4 is 29.1 Å². The molecule has 8 nitrogen and oxygen atoms in total. The molecule has 0 unspecified atom stereocenters. The molecule has 1 saturated heterocycles. The Balaban J connectivity index is 1.37. The van der Waals surface area contributed by atoms with Crippen LogP contribution in [0.3, 0.4) is 0 Å². The number of hydrogen-bond donors (Lipinski definition) is 2. The number of nitrogens with zero attached hydrogens (tertiary/aromatic N) is 5. The summed E-state index contributed by atoms with van der Waals surface area (Å²) in [6.07, 6.45) is 4.11. The normalized spacial score (nSPS) is 15.3. The molecule has 0 spiro atoms. The first-order valence-corrected chi connectivity index (χ1v) is 14.2. The number of carbonyl (C=O) groups excluding carboxylic acids is 1. The van der Waals surface area contributed by atoms with E-state index in [1.54, 1.807) is 18.3 Å². The van der Waals surface area contributed by atoms with E-state index in [0.717, 1.165) is 56.9 Å². The minimum Gasteiger partial charge on any atom is -0.395 e. The fourth-order valence-corrected chi connectivity index (χ4v) is 5.16. The fraction of sp³-hybridized carbons (Fsp3) is 0.448. The van der Waals surface area contributed by atoms with Crippen molar-refractivity contribution in [3.8, 4) is 11.5 Å². The summed E-state index contributed by atoms with van der Waals surface area (Å²) in [7, 11) is 0. The van der Waals surface area contributed by atoms with E-state index in [9.17, 15) is 4.79 Å². The van der Waals surface area contributed by atoms with Gasteiger partial charge in [-0.15, -0.1) is 0 Å². The molecule has 10 heteroatoms. The van der Waals surface area contributed by atoms with Gasteiger partial charge in [-0.1, -0.05) is 53.5 Å². The maximum Gasteiger partial charge on any atom is 0.220 e. The molecule has 4 rings (SSSR count). The first kappa shape index (κ1) is 29.4. The van der Waals surface area contributed by atoms with Gasteiger partial charge in [-0.25, -0.2) is 9.97 Å². The number of hydrogen-bond acceptors (Lipinski definition) is 7. The standard InChI is InChI=1S/C29H36Cl2N6O2/c1-21-28(31)25(35-29(33-21)26-20-23(30)11-12-32-26)10-9-24(22-6-3-2-4-7-22)34-27(39)8-5-13-36-14-16-37(17-15-36)18-19-38/h2-4,6-7,11-12,20,24,38H,5,8-10,13-19H2,1H3,(H,34,39)/t24-/m0/s1. The smallest absolute Gasteiger partial charge is 0.220 e. The molecule has 0 bridgehead atoms. The number of rotatable bonds is 12. The predicted octanol–water partition coefficient (Wildman–Crippen LogP) is 4.33. The third-order valence-corrected chi connectivity index (χ3v) is 7.73. The molecule has 1 fully saturated rings. The monoisotopic (exact) mass is 570 g/mol. The number of aliphatic hydroxyl groups excluding tert-OH is 1. The van der Waals surface area contributed by atoms with Crippen LogP contribution in [0.4, 0.5) is 0 Å². The molecule has 0 aliphatic carbocycles. The van der Waals surface area contributed by atoms with Crippen LogP contribution in [-0.2, 0) is 11.2 Å². The number of carbonyl (C=O) groups is 1. The average molecular weight is 572 g/mol. The van der Waals surface area contributed by atoms with E-state index >= 15 is 0 Å². The van der Waals surface area contributed by atoms with E-state index in [4.69, 9.17) is 33.3 Å². The third-order valence-electron chi connectivity index (χ3n) is 7.00. The maximum absolute atomic E-state index is 13.0. The van der Waals surface area contributed by atoms with Gasteiger partial charge in [-0.05, 0) is 50.4 Å². The Morgan fingerprint density at radius 2 is 1.77 bits per heavy atom. The predicted molar refractivity (Wildman–Crippen MR) is 155 cm³/mol. The van der Waals surface area contributed by atoms with Crippen LogP contribution in [0.5, 0.6) is 0 Å². The molecule has 39 heavy (non-hydrogen) atoms. The minimum atomic E-state index is -0.167. The molecule has 2 aromatic heterocycles. The zero-order valence-electron chi connectivity index (χ0n) is 22.3. The van der Waals surface area contributed by atoms with Gasteiger partial charge in [0.15, 0.2) is 5.82 Å². The molecule has 1 amide bonds. The summed E-state index contributed by atoms with van der Waals surface area (Å²) >= 11 is 12.8. The number of piperazine rings is 1. The molecule has 2 N–H and O–H groups in total. The zero-order chi connectivity index (χ0) is 27.6. The van der Waals surface area contributed by atoms with Crippen molar-refractivity contribution in [2.24, 2.45) is 0 Å². The summed E-state index contributed by atoms with van der Waals surface area (Å²) in [4.78, 5) is 31.2. The molecule has 1 atom stereocenters. The second-order valence-corrected chi connectivity index (χ2v) is 10.6. The molecule has 3 heterocycles. The fourth-order valence-electron chi connectivity index (χ4n) is 4.82. The molecule has 3 aromatic rings. The van der Waals surface area contributed by atoms with Crippen molar-refractivity contribution in [1.29, 1.82) is 0 Å². The number of pyridine rings is 1. The van der Waals surface area contributed by atoms with Crippen molar-refractivity contribution in [2.75, 3.05) is 45.9 Å². The summed E-state index contributed by atoms with van der Waals surface area (Å²) in [5.74, 6) is 0.517. The molecule has 0 saturated carbocycles. The SMILES string of the molecule is Cc1nc(-c2cc(Cl)ccn2)nc(CC[C@H](NC(=O)CCCN2CCN(CCO)CC2)c2ccccc2)c1Cl. The Labute approximate surface area is 240 Å². The lowest BCUT2D eigenvalue weighted by atomic mass is 10.00. The Hall–Kier alpha value is -2.62. The van der Waals surface area contributed by atoms with Crippen LogP contribution in [-0.4, -0.2) is 81.6 Å². The van der Waals surface area contributed by atoms with E-state index in [-0.39, 0.29) is 18.6 Å². The van der Waals surface area contributed by atoms with Crippen molar-refractivity contribution in [3.05, 3.63) is 75.7 Å². The lowest BCUT2D eigenvalue weighted by Crippen LogP contribution is -2.47. The number of benzene rings is 1. The van der Waals surface area contributed by atoms with Gasteiger partial charge < -0.3 is 15.3 Å². The summed E-state index contributed by atoms with van der Waals surface area (Å²) in [6.45, 7) is 7.55. The largest absolute Gasteiger partial charge is 0.395 e. The molecule has 1 aliphatic rings. The zero-order valence-corrected chi connectivity index (χ0v) is 23.8. The topological polar surface area (TPSA) is 94.5 Å². The average Bonchev–Trinajstić information content (AvgIpc) is 2.94. The van der Waals surface area contributed by atoms with Crippen LogP contribution >= 0.6 is 23.2 Å². The Morgan fingerprint density at radius 1 is 1.05 bits per heavy atom. The summed E-state index contributed by atoms with van der Waals surface area (Å²) < 4.78 is 0. The summed E-state index contributed by atoms with van der Waals surface area (Å²) in [5.41, 5.74) is 3.03. The quantitative estimate of drug-likeness (QED) is 0.334. The number of aryl methyl sites for hydroxylation is 2. The molecule has 208 valence electrons. The maximum atomic E-state index is 13.0. The first-order chi connectivity index (χ1) is 18.9. The van der Waals surface area contributed by atoms with Crippen LogP contribution in [0.1, 0.15) is 42.3 Å². The van der Waals surface area contributed by atoms with E-state index in [2.05, 4.69) is 25.1 Å². The van der Waals surface area contributed by atoms with Gasteiger partial charge >= 0.3 is 0 Å². The van der Waals surface area contributed by atoms with Crippen LogP contribution in [0, 0.1) is 6.92 Å². The van der Waals surface area contributed by atoms with Gasteiger partial charge in [0.25, 0.3) is 0 Å². The number of β-amino-alcohol motifs (C(OH)–C–C–N with tert-alkyl or cyclic N) is 1. The number of nitrogens with one attached hydrogen (secondary N) is 1. The minimum absolute atomic E-state index is 0.0385.